The van der Waals surface area contributed by atoms with Crippen LogP contribution in [0.2, 0.25) is 0 Å². The van der Waals surface area contributed by atoms with Crippen LogP contribution in [0.4, 0.5) is 5.69 Å². The average Bonchev–Trinajstić information content (AvgIpc) is 3.19. The van der Waals surface area contributed by atoms with Gasteiger partial charge >= 0.3 is 0 Å². The minimum atomic E-state index is -0.333. The van der Waals surface area contributed by atoms with Gasteiger partial charge in [0, 0.05) is 11.8 Å². The summed E-state index contributed by atoms with van der Waals surface area (Å²) in [6.07, 6.45) is 3.08. The fourth-order valence-corrected chi connectivity index (χ4v) is 2.95. The number of amides is 2. The number of ether oxygens (including phenoxy) is 2. The van der Waals surface area contributed by atoms with E-state index in [2.05, 4.69) is 15.7 Å². The van der Waals surface area contributed by atoms with E-state index in [1.807, 2.05) is 30.3 Å². The summed E-state index contributed by atoms with van der Waals surface area (Å²) in [5.41, 5.74) is 1.05. The number of benzene rings is 2. The molecule has 0 saturated heterocycles. The highest BCUT2D eigenvalue weighted by Gasteiger charge is 2.21. The van der Waals surface area contributed by atoms with Gasteiger partial charge in [0.2, 0.25) is 5.91 Å². The van der Waals surface area contributed by atoms with Crippen LogP contribution >= 0.6 is 0 Å². The molecule has 1 aliphatic heterocycles. The lowest BCUT2D eigenvalue weighted by Crippen LogP contribution is -2.33. The quantitative estimate of drug-likeness (QED) is 0.670. The molecule has 2 N–H and O–H groups in total. The Hall–Kier alpha value is -3.81. The molecule has 4 rings (SSSR count). The number of hydrogen-bond donors (Lipinski definition) is 2. The Morgan fingerprint density at radius 1 is 1.07 bits per heavy atom. The summed E-state index contributed by atoms with van der Waals surface area (Å²) in [5.74, 6) is 0.805. The molecule has 0 spiro atoms. The number of hydrogen-bond acceptors (Lipinski definition) is 5. The van der Waals surface area contributed by atoms with E-state index in [-0.39, 0.29) is 24.5 Å². The van der Waals surface area contributed by atoms with Crippen LogP contribution < -0.4 is 20.1 Å². The Balaban J connectivity index is 1.26. The number of anilines is 1. The molecule has 8 heteroatoms. The molecule has 0 bridgehead atoms. The fourth-order valence-electron chi connectivity index (χ4n) is 2.95. The first-order valence-corrected chi connectivity index (χ1v) is 9.21. The first-order valence-electron chi connectivity index (χ1n) is 9.21. The SMILES string of the molecule is O=C(CNC(=O)c1ccccc1)Nc1cnn(C[C@H]2COc3ccccc3O2)c1. The molecule has 3 aromatic rings. The topological polar surface area (TPSA) is 94.5 Å². The molecule has 2 heterocycles. The van der Waals surface area contributed by atoms with Gasteiger partial charge in [0.15, 0.2) is 17.6 Å². The molecule has 29 heavy (non-hydrogen) atoms. The predicted octanol–water partition coefficient (Wildman–Crippen LogP) is 2.09. The van der Waals surface area contributed by atoms with Gasteiger partial charge in [0.1, 0.15) is 6.61 Å². The molecule has 0 unspecified atom stereocenters. The monoisotopic (exact) mass is 392 g/mol. The van der Waals surface area contributed by atoms with Crippen molar-refractivity contribution in [2.24, 2.45) is 0 Å². The van der Waals surface area contributed by atoms with E-state index < -0.39 is 0 Å². The summed E-state index contributed by atoms with van der Waals surface area (Å²) >= 11 is 0. The van der Waals surface area contributed by atoms with Gasteiger partial charge in [0.05, 0.1) is 25.0 Å². The van der Waals surface area contributed by atoms with Crippen molar-refractivity contribution < 1.29 is 19.1 Å². The second kappa shape index (κ2) is 8.47. The van der Waals surface area contributed by atoms with Crippen LogP contribution in [-0.2, 0) is 11.3 Å². The average molecular weight is 392 g/mol. The van der Waals surface area contributed by atoms with Gasteiger partial charge in [-0.3, -0.25) is 14.3 Å². The van der Waals surface area contributed by atoms with Crippen LogP contribution in [0.1, 0.15) is 10.4 Å². The first kappa shape index (κ1) is 18.5. The molecule has 8 nitrogen and oxygen atoms in total. The van der Waals surface area contributed by atoms with E-state index >= 15 is 0 Å². The van der Waals surface area contributed by atoms with Crippen LogP contribution in [0.15, 0.2) is 67.0 Å². The van der Waals surface area contributed by atoms with Gasteiger partial charge in [0.25, 0.3) is 5.91 Å². The lowest BCUT2D eigenvalue weighted by Gasteiger charge is -2.26. The predicted molar refractivity (Wildman–Crippen MR) is 106 cm³/mol. The maximum atomic E-state index is 12.1. The molecule has 0 fully saturated rings. The van der Waals surface area contributed by atoms with E-state index in [1.54, 1.807) is 41.3 Å². The van der Waals surface area contributed by atoms with E-state index in [0.29, 0.717) is 30.2 Å². The number of aromatic nitrogens is 2. The Kier molecular flexibility index (Phi) is 5.42. The standard InChI is InChI=1S/C21H20N4O4/c26-20(11-22-21(27)15-6-2-1-3-7-15)24-16-10-23-25(12-16)13-17-14-28-18-8-4-5-9-19(18)29-17/h1-10,12,17H,11,13-14H2,(H,22,27)(H,24,26)/t17-/m0/s1. The van der Waals surface area contributed by atoms with Crippen molar-refractivity contribution in [3.63, 3.8) is 0 Å². The molecule has 2 aromatic carbocycles. The molecular weight excluding hydrogens is 372 g/mol. The van der Waals surface area contributed by atoms with E-state index in [9.17, 15) is 9.59 Å². The summed E-state index contributed by atoms with van der Waals surface area (Å²) in [5, 5.41) is 9.54. The summed E-state index contributed by atoms with van der Waals surface area (Å²) in [6, 6.07) is 16.2. The highest BCUT2D eigenvalue weighted by molar-refractivity contribution is 5.99. The van der Waals surface area contributed by atoms with Crippen molar-refractivity contribution in [2.75, 3.05) is 18.5 Å². The fraction of sp³-hybridized carbons (Fsp3) is 0.190. The van der Waals surface area contributed by atoms with Crippen molar-refractivity contribution >= 4 is 17.5 Å². The van der Waals surface area contributed by atoms with Gasteiger partial charge in [-0.15, -0.1) is 0 Å². The number of carbonyl (C=O) groups is 2. The van der Waals surface area contributed by atoms with Gasteiger partial charge in [-0.05, 0) is 24.3 Å². The minimum absolute atomic E-state index is 0.130. The van der Waals surface area contributed by atoms with Crippen LogP contribution in [0.5, 0.6) is 11.5 Å². The van der Waals surface area contributed by atoms with Crippen LogP contribution in [-0.4, -0.2) is 40.9 Å². The summed E-state index contributed by atoms with van der Waals surface area (Å²) < 4.78 is 13.3. The number of nitrogens with one attached hydrogen (secondary N) is 2. The van der Waals surface area contributed by atoms with E-state index in [1.165, 1.54) is 0 Å². The summed E-state index contributed by atoms with van der Waals surface area (Å²) in [4.78, 5) is 24.1. The van der Waals surface area contributed by atoms with Gasteiger partial charge < -0.3 is 20.1 Å². The number of para-hydroxylation sites is 2. The lowest BCUT2D eigenvalue weighted by molar-refractivity contribution is -0.115. The minimum Gasteiger partial charge on any atom is -0.486 e. The van der Waals surface area contributed by atoms with E-state index in [4.69, 9.17) is 9.47 Å². The first-order chi connectivity index (χ1) is 14.2. The highest BCUT2D eigenvalue weighted by Crippen LogP contribution is 2.31. The Labute approximate surface area is 167 Å². The Morgan fingerprint density at radius 2 is 1.83 bits per heavy atom. The molecule has 0 radical (unpaired) electrons. The van der Waals surface area contributed by atoms with Crippen molar-refractivity contribution in [1.82, 2.24) is 15.1 Å². The summed E-state index contributed by atoms with van der Waals surface area (Å²) in [7, 11) is 0. The zero-order valence-corrected chi connectivity index (χ0v) is 15.6. The molecule has 0 aliphatic carbocycles. The number of fused-ring (bicyclic) bond motifs is 1. The molecule has 0 saturated carbocycles. The molecule has 148 valence electrons. The normalized spacial score (nSPS) is 14.8. The molecular formula is C21H20N4O4. The van der Waals surface area contributed by atoms with Gasteiger partial charge in [-0.1, -0.05) is 30.3 Å². The second-order valence-electron chi connectivity index (χ2n) is 6.55. The largest absolute Gasteiger partial charge is 0.486 e. The van der Waals surface area contributed by atoms with Gasteiger partial charge in [-0.2, -0.15) is 5.10 Å². The van der Waals surface area contributed by atoms with Crippen molar-refractivity contribution in [1.29, 1.82) is 0 Å². The Morgan fingerprint density at radius 3 is 2.66 bits per heavy atom. The van der Waals surface area contributed by atoms with Crippen LogP contribution in [0.25, 0.3) is 0 Å². The molecule has 1 aliphatic rings. The second-order valence-corrected chi connectivity index (χ2v) is 6.55. The van der Waals surface area contributed by atoms with Crippen LogP contribution in [0, 0.1) is 0 Å². The smallest absolute Gasteiger partial charge is 0.251 e. The van der Waals surface area contributed by atoms with Gasteiger partial charge in [-0.25, -0.2) is 0 Å². The number of rotatable bonds is 6. The van der Waals surface area contributed by atoms with Crippen molar-refractivity contribution in [3.05, 3.63) is 72.6 Å². The number of carbonyl (C=O) groups excluding carboxylic acids is 2. The number of nitrogens with zero attached hydrogens (tertiary/aromatic N) is 2. The third kappa shape index (κ3) is 4.73. The maximum Gasteiger partial charge on any atom is 0.251 e. The third-order valence-electron chi connectivity index (χ3n) is 4.32. The van der Waals surface area contributed by atoms with Crippen molar-refractivity contribution in [2.45, 2.75) is 12.6 Å². The lowest BCUT2D eigenvalue weighted by atomic mass is 10.2. The Bertz CT molecular complexity index is 1000. The van der Waals surface area contributed by atoms with E-state index in [0.717, 1.165) is 5.75 Å². The zero-order valence-electron chi connectivity index (χ0n) is 15.6. The molecule has 2 amide bonds. The molecule has 1 aromatic heterocycles. The third-order valence-corrected chi connectivity index (χ3v) is 4.32. The zero-order chi connectivity index (χ0) is 20.1. The van der Waals surface area contributed by atoms with Crippen LogP contribution in [0.3, 0.4) is 0 Å². The highest BCUT2D eigenvalue weighted by atomic mass is 16.6. The summed E-state index contributed by atoms with van der Waals surface area (Å²) in [6.45, 7) is 0.772. The van der Waals surface area contributed by atoms with Crippen molar-refractivity contribution in [3.8, 4) is 11.5 Å². The maximum absolute atomic E-state index is 12.1. The molecule has 1 atom stereocenters.